The van der Waals surface area contributed by atoms with Gasteiger partial charge in [0, 0.05) is 18.1 Å². The summed E-state index contributed by atoms with van der Waals surface area (Å²) in [6, 6.07) is 5.94. The van der Waals surface area contributed by atoms with Gasteiger partial charge in [-0.2, -0.15) is 0 Å². The molecule has 0 bridgehead atoms. The van der Waals surface area contributed by atoms with Crippen LogP contribution in [0, 0.1) is 11.6 Å². The molecular weight excluding hydrogens is 740 g/mol. The predicted octanol–water partition coefficient (Wildman–Crippen LogP) is 3.54. The van der Waals surface area contributed by atoms with Crippen LogP contribution in [-0.4, -0.2) is 81.1 Å². The number of anilines is 1. The molecule has 52 heavy (non-hydrogen) atoms. The van der Waals surface area contributed by atoms with Crippen LogP contribution in [-0.2, 0) is 55.6 Å². The molecule has 2 heterocycles. The van der Waals surface area contributed by atoms with Crippen LogP contribution in [0.3, 0.4) is 0 Å². The van der Waals surface area contributed by atoms with Gasteiger partial charge >= 0.3 is 24.0 Å². The van der Waals surface area contributed by atoms with Crippen LogP contribution in [0.2, 0.25) is 5.02 Å². The van der Waals surface area contributed by atoms with Gasteiger partial charge in [0.15, 0.2) is 0 Å². The molecule has 282 valence electrons. The molecule has 16 nitrogen and oxygen atoms in total. The minimum Gasteiger partial charge on any atom is -0.467 e. The second-order valence-electron chi connectivity index (χ2n) is 11.3. The highest BCUT2D eigenvalue weighted by atomic mass is 35.5. The third-order valence-corrected chi connectivity index (χ3v) is 8.97. The van der Waals surface area contributed by atoms with Gasteiger partial charge in [-0.15, -0.1) is 0 Å². The first-order chi connectivity index (χ1) is 24.5. The van der Waals surface area contributed by atoms with E-state index in [1.807, 2.05) is 0 Å². The smallest absolute Gasteiger partial charge is 0.413 e. The fourth-order valence-corrected chi connectivity index (χ4v) is 6.15. The molecule has 4 N–H and O–H groups in total. The highest BCUT2D eigenvalue weighted by Crippen LogP contribution is 2.36. The topological polar surface area (TPSA) is 223 Å². The maximum atomic E-state index is 13.8. The first-order valence-corrected chi connectivity index (χ1v) is 17.3. The summed E-state index contributed by atoms with van der Waals surface area (Å²) in [6.07, 6.45) is -0.488. The summed E-state index contributed by atoms with van der Waals surface area (Å²) in [4.78, 5) is 50.4. The van der Waals surface area contributed by atoms with Gasteiger partial charge in [-0.3, -0.25) is 14.5 Å². The lowest BCUT2D eigenvalue weighted by Crippen LogP contribution is -2.62. The Morgan fingerprint density at radius 1 is 1.04 bits per heavy atom. The number of nitrogens with two attached hydrogens (primary N) is 1. The number of morpholine rings is 1. The van der Waals surface area contributed by atoms with E-state index in [4.69, 9.17) is 44.8 Å². The van der Waals surface area contributed by atoms with Gasteiger partial charge in [-0.25, -0.2) is 31.9 Å². The standard InChI is InChI=1S/C32H34ClF2N3O13S/c1-18-16-51-32(43,20-9-21(34)11-22(35)10-20)19(2)38(18)31(42)50-17-49-29(40)14-28(39)47-7-4-8-48-30(41)24-12-27(52(36,44)45)25(33)13-26(24)37-15-23-5-3-6-46-23/h3,5-6,9-13,18-19,37,43H,4,7-8,14-17H2,1-2H3,(H2,36,44,45)/t18-,19+,32-/m1/s1. The molecule has 2 aromatic carbocycles. The number of halogens is 3. The maximum Gasteiger partial charge on any atom is 0.413 e. The summed E-state index contributed by atoms with van der Waals surface area (Å²) in [6.45, 7) is 1.34. The van der Waals surface area contributed by atoms with E-state index in [1.165, 1.54) is 19.3 Å². The van der Waals surface area contributed by atoms with Crippen molar-refractivity contribution in [2.75, 3.05) is 31.9 Å². The van der Waals surface area contributed by atoms with Crippen molar-refractivity contribution in [2.45, 2.75) is 56.0 Å². The molecule has 0 unspecified atom stereocenters. The number of aliphatic hydroxyl groups is 1. The Hall–Kier alpha value is -4.82. The largest absolute Gasteiger partial charge is 0.467 e. The molecule has 3 aromatic rings. The Bertz CT molecular complexity index is 1880. The Morgan fingerprint density at radius 2 is 1.71 bits per heavy atom. The molecule has 0 aliphatic carbocycles. The number of nitrogens with one attached hydrogen (secondary N) is 1. The number of carbonyl (C=O) groups is 4. The SMILES string of the molecule is C[C@@H]1CO[C@@](O)(c2cc(F)cc(F)c2)[C@H](C)N1C(=O)OCOC(=O)CC(=O)OCCCOC(=O)c1cc(S(N)(=O)=O)c(Cl)cc1NCc1ccco1. The number of benzene rings is 2. The highest BCUT2D eigenvalue weighted by Gasteiger charge is 2.49. The fraction of sp³-hybridized carbons (Fsp3) is 0.375. The highest BCUT2D eigenvalue weighted by molar-refractivity contribution is 7.89. The van der Waals surface area contributed by atoms with E-state index in [2.05, 4.69) is 5.32 Å². The monoisotopic (exact) mass is 773 g/mol. The number of primary sulfonamides is 1. The summed E-state index contributed by atoms with van der Waals surface area (Å²) in [5, 5.41) is 19.0. The molecule has 1 amide bonds. The molecule has 0 spiro atoms. The second-order valence-corrected chi connectivity index (χ2v) is 13.3. The summed E-state index contributed by atoms with van der Waals surface area (Å²) >= 11 is 6.07. The van der Waals surface area contributed by atoms with Crippen LogP contribution in [0.4, 0.5) is 19.3 Å². The molecule has 3 atom stereocenters. The number of nitrogens with zero attached hydrogens (tertiary/aromatic N) is 1. The molecule has 1 aliphatic rings. The van der Waals surface area contributed by atoms with Crippen molar-refractivity contribution in [2.24, 2.45) is 5.14 Å². The first-order valence-electron chi connectivity index (χ1n) is 15.4. The van der Waals surface area contributed by atoms with Crippen molar-refractivity contribution >= 4 is 51.3 Å². The molecule has 1 fully saturated rings. The second kappa shape index (κ2) is 17.1. The molecule has 0 saturated carbocycles. The minimum absolute atomic E-state index is 0.0144. The number of rotatable bonds is 14. The van der Waals surface area contributed by atoms with Crippen molar-refractivity contribution in [1.82, 2.24) is 4.90 Å². The van der Waals surface area contributed by atoms with E-state index in [0.717, 1.165) is 23.1 Å². The Kier molecular flexibility index (Phi) is 13.2. The normalized spacial score (nSPS) is 18.7. The van der Waals surface area contributed by atoms with Gasteiger partial charge < -0.3 is 38.5 Å². The first kappa shape index (κ1) is 40.0. The zero-order chi connectivity index (χ0) is 38.2. The van der Waals surface area contributed by atoms with E-state index in [0.29, 0.717) is 11.8 Å². The predicted molar refractivity (Wildman–Crippen MR) is 174 cm³/mol. The van der Waals surface area contributed by atoms with Gasteiger partial charge in [-0.05, 0) is 50.2 Å². The van der Waals surface area contributed by atoms with E-state index in [-0.39, 0.29) is 54.6 Å². The quantitative estimate of drug-likeness (QED) is 0.0701. The Labute approximate surface area is 300 Å². The average molecular weight is 774 g/mol. The molecule has 1 aromatic heterocycles. The van der Waals surface area contributed by atoms with E-state index in [9.17, 15) is 41.5 Å². The van der Waals surface area contributed by atoms with Crippen molar-refractivity contribution in [3.05, 3.63) is 82.3 Å². The minimum atomic E-state index is -4.29. The Balaban J connectivity index is 1.20. The number of carbonyl (C=O) groups excluding carboxylic acids is 4. The van der Waals surface area contributed by atoms with Crippen LogP contribution >= 0.6 is 11.6 Å². The maximum absolute atomic E-state index is 13.8. The van der Waals surface area contributed by atoms with Crippen molar-refractivity contribution in [1.29, 1.82) is 0 Å². The van der Waals surface area contributed by atoms with Crippen molar-refractivity contribution in [3.63, 3.8) is 0 Å². The number of ether oxygens (including phenoxy) is 5. The van der Waals surface area contributed by atoms with Gasteiger partial charge in [-0.1, -0.05) is 11.6 Å². The number of furan rings is 1. The molecule has 0 radical (unpaired) electrons. The van der Waals surface area contributed by atoms with Crippen LogP contribution < -0.4 is 10.5 Å². The molecule has 1 aliphatic heterocycles. The van der Waals surface area contributed by atoms with Gasteiger partial charge in [0.1, 0.15) is 28.7 Å². The lowest BCUT2D eigenvalue weighted by atomic mass is 9.94. The van der Waals surface area contributed by atoms with Gasteiger partial charge in [0.05, 0.1) is 61.0 Å². The zero-order valence-corrected chi connectivity index (χ0v) is 29.2. The van der Waals surface area contributed by atoms with E-state index in [1.54, 1.807) is 19.1 Å². The molecule has 1 saturated heterocycles. The number of amides is 1. The summed E-state index contributed by atoms with van der Waals surface area (Å²) in [5.41, 5.74) is -0.338. The van der Waals surface area contributed by atoms with Crippen LogP contribution in [0.5, 0.6) is 0 Å². The lowest BCUT2D eigenvalue weighted by molar-refractivity contribution is -0.280. The van der Waals surface area contributed by atoms with Gasteiger partial charge in [0.25, 0.3) is 0 Å². The lowest BCUT2D eigenvalue weighted by Gasteiger charge is -2.47. The number of esters is 3. The molecule has 20 heteroatoms. The number of hydrogen-bond donors (Lipinski definition) is 3. The third-order valence-electron chi connectivity index (χ3n) is 7.60. The van der Waals surface area contributed by atoms with Gasteiger partial charge in [0.2, 0.25) is 22.6 Å². The van der Waals surface area contributed by atoms with Crippen molar-refractivity contribution in [3.8, 4) is 0 Å². The molecular formula is C32H34ClF2N3O13S. The Morgan fingerprint density at radius 3 is 2.37 bits per heavy atom. The summed E-state index contributed by atoms with van der Waals surface area (Å²) < 4.78 is 82.1. The average Bonchev–Trinajstić information content (AvgIpc) is 3.58. The summed E-state index contributed by atoms with van der Waals surface area (Å²) in [5.74, 6) is -6.79. The number of hydrogen-bond acceptors (Lipinski definition) is 14. The molecule has 4 rings (SSSR count). The van der Waals surface area contributed by atoms with E-state index < -0.39 is 81.6 Å². The van der Waals surface area contributed by atoms with E-state index >= 15 is 0 Å². The van der Waals surface area contributed by atoms with Crippen molar-refractivity contribution < 1.29 is 69.6 Å². The zero-order valence-electron chi connectivity index (χ0n) is 27.6. The summed E-state index contributed by atoms with van der Waals surface area (Å²) in [7, 11) is -4.29. The van der Waals surface area contributed by atoms with Crippen LogP contribution in [0.25, 0.3) is 0 Å². The third kappa shape index (κ3) is 10.2. The van der Waals surface area contributed by atoms with Crippen LogP contribution in [0.15, 0.2) is 58.0 Å². The van der Waals surface area contributed by atoms with Crippen LogP contribution in [0.1, 0.15) is 48.4 Å². The number of sulfonamides is 1. The fourth-order valence-electron chi connectivity index (χ4n) is 5.05.